The molecule has 31 heavy (non-hydrogen) atoms. The van der Waals surface area contributed by atoms with Crippen LogP contribution in [-0.2, 0) is 16.1 Å². The number of hydrogen-bond donors (Lipinski definition) is 2. The third-order valence-electron chi connectivity index (χ3n) is 5.52. The Bertz CT molecular complexity index is 761. The lowest BCUT2D eigenvalue weighted by Gasteiger charge is -2.35. The molecular weight excluding hydrogens is 509 g/mol. The molecule has 2 N–H and O–H groups in total. The predicted molar refractivity (Wildman–Crippen MR) is 133 cm³/mol. The van der Waals surface area contributed by atoms with Crippen LogP contribution in [0.5, 0.6) is 0 Å². The number of nitrogens with one attached hydrogen (secondary N) is 2. The number of guanidine groups is 1. The molecule has 1 saturated heterocycles. The van der Waals surface area contributed by atoms with E-state index in [4.69, 9.17) is 9.73 Å². The molecule has 8 nitrogen and oxygen atoms in total. The second-order valence-corrected chi connectivity index (χ2v) is 7.66. The fourth-order valence-electron chi connectivity index (χ4n) is 3.57. The molecule has 0 bridgehead atoms. The average molecular weight is 543 g/mol. The van der Waals surface area contributed by atoms with Crippen LogP contribution in [0.2, 0.25) is 0 Å². The van der Waals surface area contributed by atoms with Gasteiger partial charge in [0.25, 0.3) is 0 Å². The number of halogens is 1. The van der Waals surface area contributed by atoms with E-state index in [1.54, 1.807) is 4.90 Å². The van der Waals surface area contributed by atoms with E-state index in [9.17, 15) is 9.59 Å². The van der Waals surface area contributed by atoms with Crippen molar-refractivity contribution >= 4 is 47.6 Å². The van der Waals surface area contributed by atoms with Gasteiger partial charge in [-0.25, -0.2) is 9.79 Å². The molecule has 0 spiro atoms. The number of rotatable bonds is 6. The van der Waals surface area contributed by atoms with Crippen molar-refractivity contribution in [3.8, 4) is 0 Å². The molecule has 0 atom stereocenters. The van der Waals surface area contributed by atoms with Gasteiger partial charge in [0.05, 0.1) is 13.2 Å². The number of anilines is 1. The predicted octanol–water partition coefficient (Wildman–Crippen LogP) is 3.28. The number of aliphatic imine (C=N–C) groups is 1. The summed E-state index contributed by atoms with van der Waals surface area (Å²) < 4.78 is 5.09. The highest BCUT2D eigenvalue weighted by Gasteiger charge is 2.25. The van der Waals surface area contributed by atoms with Gasteiger partial charge in [0, 0.05) is 44.3 Å². The Labute approximate surface area is 201 Å². The number of hydrogen-bond acceptors (Lipinski definition) is 4. The topological polar surface area (TPSA) is 86.3 Å². The van der Waals surface area contributed by atoms with Crippen molar-refractivity contribution in [1.82, 2.24) is 15.1 Å². The summed E-state index contributed by atoms with van der Waals surface area (Å²) in [5.41, 5.74) is 1.87. The lowest BCUT2D eigenvalue weighted by molar-refractivity contribution is -0.122. The molecule has 0 aromatic heterocycles. The Morgan fingerprint density at radius 2 is 1.84 bits per heavy atom. The van der Waals surface area contributed by atoms with Crippen LogP contribution >= 0.6 is 24.0 Å². The van der Waals surface area contributed by atoms with Crippen molar-refractivity contribution in [2.75, 3.05) is 44.6 Å². The smallest absolute Gasteiger partial charge is 0.409 e. The number of ether oxygens (including phenoxy) is 1. The van der Waals surface area contributed by atoms with Crippen LogP contribution in [0.3, 0.4) is 0 Å². The van der Waals surface area contributed by atoms with E-state index in [0.717, 1.165) is 43.0 Å². The lowest BCUT2D eigenvalue weighted by atomic mass is 9.85. The molecule has 0 unspecified atom stereocenters. The van der Waals surface area contributed by atoms with Crippen molar-refractivity contribution in [3.63, 3.8) is 0 Å². The summed E-state index contributed by atoms with van der Waals surface area (Å²) in [4.78, 5) is 32.8. The highest BCUT2D eigenvalue weighted by atomic mass is 127. The molecule has 2 fully saturated rings. The quantitative estimate of drug-likeness (QED) is 0.327. The van der Waals surface area contributed by atoms with Crippen LogP contribution < -0.4 is 10.6 Å². The minimum atomic E-state index is -0.250. The molecule has 3 rings (SSSR count). The van der Waals surface area contributed by atoms with Crippen molar-refractivity contribution in [1.29, 1.82) is 0 Å². The second kappa shape index (κ2) is 12.7. The van der Waals surface area contributed by atoms with Gasteiger partial charge in [-0.3, -0.25) is 4.79 Å². The van der Waals surface area contributed by atoms with Gasteiger partial charge in [-0.05, 0) is 44.4 Å². The number of carbonyl (C=O) groups excluding carboxylic acids is 2. The van der Waals surface area contributed by atoms with Gasteiger partial charge in [0.15, 0.2) is 5.96 Å². The summed E-state index contributed by atoms with van der Waals surface area (Å²) >= 11 is 0. The zero-order valence-corrected chi connectivity index (χ0v) is 20.8. The zero-order valence-electron chi connectivity index (χ0n) is 18.4. The lowest BCUT2D eigenvalue weighted by Crippen LogP contribution is -2.53. The third kappa shape index (κ3) is 7.26. The number of nitrogens with zero attached hydrogens (tertiary/aromatic N) is 3. The largest absolute Gasteiger partial charge is 0.450 e. The molecule has 1 aliphatic heterocycles. The number of benzene rings is 1. The first-order valence-electron chi connectivity index (χ1n) is 11.0. The summed E-state index contributed by atoms with van der Waals surface area (Å²) in [6.45, 7) is 8.20. The Hall–Kier alpha value is -2.04. The molecule has 1 heterocycles. The van der Waals surface area contributed by atoms with E-state index in [1.807, 2.05) is 38.1 Å². The summed E-state index contributed by atoms with van der Waals surface area (Å²) in [5, 5.41) is 6.36. The summed E-state index contributed by atoms with van der Waals surface area (Å²) in [6, 6.07) is 7.88. The van der Waals surface area contributed by atoms with E-state index in [2.05, 4.69) is 15.5 Å². The maximum Gasteiger partial charge on any atom is 0.409 e. The van der Waals surface area contributed by atoms with Gasteiger partial charge in [-0.2, -0.15) is 0 Å². The highest BCUT2D eigenvalue weighted by Crippen LogP contribution is 2.27. The van der Waals surface area contributed by atoms with E-state index in [-0.39, 0.29) is 41.9 Å². The van der Waals surface area contributed by atoms with Gasteiger partial charge in [-0.1, -0.05) is 18.6 Å². The molecular formula is C22H34IN5O3. The summed E-state index contributed by atoms with van der Waals surface area (Å²) in [5.74, 6) is 1.12. The Morgan fingerprint density at radius 3 is 2.45 bits per heavy atom. The molecule has 9 heteroatoms. The van der Waals surface area contributed by atoms with E-state index in [1.165, 1.54) is 0 Å². The maximum atomic E-state index is 12.2. The zero-order chi connectivity index (χ0) is 21.3. The fraction of sp³-hybridized carbons (Fsp3) is 0.591. The summed E-state index contributed by atoms with van der Waals surface area (Å²) in [7, 11) is 0. The minimum absolute atomic E-state index is 0. The molecule has 1 aliphatic carbocycles. The second-order valence-electron chi connectivity index (χ2n) is 7.66. The van der Waals surface area contributed by atoms with Crippen molar-refractivity contribution in [2.45, 2.75) is 39.7 Å². The monoisotopic (exact) mass is 543 g/mol. The van der Waals surface area contributed by atoms with Gasteiger partial charge in [0.2, 0.25) is 5.91 Å². The summed E-state index contributed by atoms with van der Waals surface area (Å²) in [6.07, 6.45) is 2.88. The molecule has 1 saturated carbocycles. The van der Waals surface area contributed by atoms with Crippen molar-refractivity contribution in [2.24, 2.45) is 10.9 Å². The third-order valence-corrected chi connectivity index (χ3v) is 5.52. The van der Waals surface area contributed by atoms with Crippen LogP contribution in [0.1, 0.15) is 38.7 Å². The fourth-order valence-corrected chi connectivity index (χ4v) is 3.57. The first-order chi connectivity index (χ1) is 14.6. The average Bonchev–Trinajstić information content (AvgIpc) is 2.70. The van der Waals surface area contributed by atoms with E-state index >= 15 is 0 Å². The van der Waals surface area contributed by atoms with Gasteiger partial charge in [0.1, 0.15) is 0 Å². The number of carbonyl (C=O) groups is 2. The Kier molecular flexibility index (Phi) is 10.4. The van der Waals surface area contributed by atoms with Crippen LogP contribution in [0.15, 0.2) is 29.3 Å². The SMILES string of the molecule is CCNC(=NCc1cccc(NC(=O)C2CCC2)c1)N1CCN(C(=O)OCC)CC1.I. The van der Waals surface area contributed by atoms with Crippen LogP contribution in [-0.4, -0.2) is 67.1 Å². The maximum absolute atomic E-state index is 12.2. The number of amides is 2. The molecule has 1 aromatic carbocycles. The standard InChI is InChI=1S/C22H33N5O3.HI/c1-3-23-21(26-11-13-27(14-12-26)22(29)30-4-2)24-16-17-7-5-10-19(15-17)25-20(28)18-8-6-9-18;/h5,7,10,15,18H,3-4,6,8-9,11-14,16H2,1-2H3,(H,23,24)(H,25,28);1H. The highest BCUT2D eigenvalue weighted by molar-refractivity contribution is 14.0. The van der Waals surface area contributed by atoms with E-state index in [0.29, 0.717) is 39.3 Å². The number of piperazine rings is 1. The Morgan fingerprint density at radius 1 is 1.13 bits per heavy atom. The first kappa shape index (κ1) is 25.2. The van der Waals surface area contributed by atoms with Crippen molar-refractivity contribution < 1.29 is 14.3 Å². The first-order valence-corrected chi connectivity index (χ1v) is 11.0. The van der Waals surface area contributed by atoms with Gasteiger partial charge >= 0.3 is 6.09 Å². The van der Waals surface area contributed by atoms with Crippen LogP contribution in [0.25, 0.3) is 0 Å². The van der Waals surface area contributed by atoms with Gasteiger partial charge < -0.3 is 25.2 Å². The van der Waals surface area contributed by atoms with Gasteiger partial charge in [-0.15, -0.1) is 24.0 Å². The van der Waals surface area contributed by atoms with Crippen LogP contribution in [0, 0.1) is 5.92 Å². The minimum Gasteiger partial charge on any atom is -0.450 e. The van der Waals surface area contributed by atoms with Crippen LogP contribution in [0.4, 0.5) is 10.5 Å². The van der Waals surface area contributed by atoms with Crippen molar-refractivity contribution in [3.05, 3.63) is 29.8 Å². The molecule has 172 valence electrons. The molecule has 1 aromatic rings. The van der Waals surface area contributed by atoms with E-state index < -0.39 is 0 Å². The Balaban J connectivity index is 0.00000341. The normalized spacial score (nSPS) is 16.8. The molecule has 0 radical (unpaired) electrons. The molecule has 2 amide bonds. The molecule has 2 aliphatic rings.